The number of hydrogen-bond donors (Lipinski definition) is 1. The predicted molar refractivity (Wildman–Crippen MR) is 64.0 cm³/mol. The van der Waals surface area contributed by atoms with Crippen molar-refractivity contribution in [2.24, 2.45) is 0 Å². The Balaban J connectivity index is 2.07. The molecule has 0 radical (unpaired) electrons. The number of hydrogen-bond acceptors (Lipinski definition) is 3. The molecule has 1 atom stereocenters. The predicted octanol–water partition coefficient (Wildman–Crippen LogP) is 3.76. The van der Waals surface area contributed by atoms with Gasteiger partial charge in [0.15, 0.2) is 5.22 Å². The lowest BCUT2D eigenvalue weighted by Crippen LogP contribution is -1.96. The maximum absolute atomic E-state index is 10.1. The summed E-state index contributed by atoms with van der Waals surface area (Å²) in [6.45, 7) is 0. The lowest BCUT2D eigenvalue weighted by atomic mass is 10.1. The van der Waals surface area contributed by atoms with E-state index in [4.69, 9.17) is 20.4 Å². The normalized spacial score (nSPS) is 13.1. The van der Waals surface area contributed by atoms with E-state index in [1.165, 1.54) is 6.26 Å². The van der Waals surface area contributed by atoms with E-state index in [9.17, 15) is 5.11 Å². The van der Waals surface area contributed by atoms with Crippen molar-refractivity contribution in [2.75, 3.05) is 0 Å². The summed E-state index contributed by atoms with van der Waals surface area (Å²) in [7, 11) is 0. The van der Waals surface area contributed by atoms with Crippen molar-refractivity contribution in [3.05, 3.63) is 59.2 Å². The van der Waals surface area contributed by atoms with Gasteiger partial charge in [-0.05, 0) is 29.8 Å². The van der Waals surface area contributed by atoms with Crippen LogP contribution in [-0.2, 0) is 0 Å². The Labute approximate surface area is 102 Å². The van der Waals surface area contributed by atoms with Crippen LogP contribution in [0.3, 0.4) is 0 Å². The lowest BCUT2D eigenvalue weighted by Gasteiger charge is -2.04. The fraction of sp³-hybridized carbons (Fsp3) is 0.0769. The van der Waals surface area contributed by atoms with Gasteiger partial charge >= 0.3 is 0 Å². The average molecular weight is 249 g/mol. The first kappa shape index (κ1) is 10.4. The van der Waals surface area contributed by atoms with Gasteiger partial charge in [-0.15, -0.1) is 0 Å². The Bertz CT molecular complexity index is 620. The Morgan fingerprint density at radius 3 is 2.71 bits per heavy atom. The first-order valence-electron chi connectivity index (χ1n) is 5.15. The van der Waals surface area contributed by atoms with Crippen molar-refractivity contribution in [2.45, 2.75) is 6.10 Å². The van der Waals surface area contributed by atoms with Gasteiger partial charge < -0.3 is 13.9 Å². The van der Waals surface area contributed by atoms with Crippen LogP contribution in [0.5, 0.6) is 0 Å². The summed E-state index contributed by atoms with van der Waals surface area (Å²) in [6, 6.07) is 11.0. The van der Waals surface area contributed by atoms with Crippen molar-refractivity contribution >= 4 is 22.6 Å². The highest BCUT2D eigenvalue weighted by atomic mass is 35.5. The van der Waals surface area contributed by atoms with E-state index in [0.29, 0.717) is 11.3 Å². The van der Waals surface area contributed by atoms with Crippen LogP contribution >= 0.6 is 11.6 Å². The monoisotopic (exact) mass is 248 g/mol. The molecule has 2 aromatic heterocycles. The van der Waals surface area contributed by atoms with Crippen LogP contribution in [0.2, 0.25) is 5.22 Å². The van der Waals surface area contributed by atoms with Gasteiger partial charge in [-0.2, -0.15) is 0 Å². The molecule has 0 aliphatic heterocycles. The number of aliphatic hydroxyl groups is 1. The smallest absolute Gasteiger partial charge is 0.199 e. The van der Waals surface area contributed by atoms with Crippen molar-refractivity contribution in [3.63, 3.8) is 0 Å². The summed E-state index contributed by atoms with van der Waals surface area (Å²) in [5.74, 6) is 0.453. The molecule has 0 saturated heterocycles. The second-order valence-corrected chi connectivity index (χ2v) is 4.08. The molecule has 3 nitrogen and oxygen atoms in total. The first-order chi connectivity index (χ1) is 8.25. The minimum absolute atomic E-state index is 0.179. The molecule has 1 N–H and O–H groups in total. The average Bonchev–Trinajstić information content (AvgIpc) is 2.93. The van der Waals surface area contributed by atoms with Gasteiger partial charge in [-0.25, -0.2) is 0 Å². The van der Waals surface area contributed by atoms with Gasteiger partial charge in [0.05, 0.1) is 6.26 Å². The molecule has 1 aromatic carbocycles. The molecule has 0 bridgehead atoms. The van der Waals surface area contributed by atoms with Crippen LogP contribution in [0, 0.1) is 0 Å². The second-order valence-electron chi connectivity index (χ2n) is 3.74. The number of aliphatic hydroxyl groups excluding tert-OH is 1. The van der Waals surface area contributed by atoms with Gasteiger partial charge in [0.25, 0.3) is 0 Å². The van der Waals surface area contributed by atoms with E-state index < -0.39 is 6.10 Å². The highest BCUT2D eigenvalue weighted by molar-refractivity contribution is 6.29. The molecule has 0 aliphatic carbocycles. The van der Waals surface area contributed by atoms with Crippen LogP contribution in [0.25, 0.3) is 11.0 Å². The molecule has 0 amide bonds. The molecular weight excluding hydrogens is 240 g/mol. The molecule has 0 fully saturated rings. The SMILES string of the molecule is OC(c1cc2ccccc2o1)c1ccoc1Cl. The quantitative estimate of drug-likeness (QED) is 0.751. The number of para-hydroxylation sites is 1. The Morgan fingerprint density at radius 2 is 2.00 bits per heavy atom. The zero-order chi connectivity index (χ0) is 11.8. The van der Waals surface area contributed by atoms with Gasteiger partial charge in [-0.3, -0.25) is 0 Å². The highest BCUT2D eigenvalue weighted by Gasteiger charge is 2.19. The standard InChI is InChI=1S/C13H9ClO3/c14-13-9(5-6-16-13)12(15)11-7-8-3-1-2-4-10(8)17-11/h1-7,12,15H. The van der Waals surface area contributed by atoms with Crippen LogP contribution in [0.1, 0.15) is 17.4 Å². The fourth-order valence-electron chi connectivity index (χ4n) is 1.79. The molecule has 1 unspecified atom stereocenters. The van der Waals surface area contributed by atoms with E-state index in [-0.39, 0.29) is 5.22 Å². The molecular formula is C13H9ClO3. The molecule has 86 valence electrons. The summed E-state index contributed by atoms with van der Waals surface area (Å²) in [6.07, 6.45) is 0.525. The van der Waals surface area contributed by atoms with E-state index >= 15 is 0 Å². The van der Waals surface area contributed by atoms with E-state index in [0.717, 1.165) is 11.0 Å². The van der Waals surface area contributed by atoms with Gasteiger partial charge in [0.1, 0.15) is 17.4 Å². The van der Waals surface area contributed by atoms with Crippen LogP contribution < -0.4 is 0 Å². The zero-order valence-electron chi connectivity index (χ0n) is 8.76. The molecule has 3 aromatic rings. The van der Waals surface area contributed by atoms with E-state index in [2.05, 4.69) is 0 Å². The van der Waals surface area contributed by atoms with Gasteiger partial charge in [-0.1, -0.05) is 18.2 Å². The number of benzene rings is 1. The largest absolute Gasteiger partial charge is 0.458 e. The molecule has 2 heterocycles. The molecule has 4 heteroatoms. The van der Waals surface area contributed by atoms with Crippen LogP contribution in [-0.4, -0.2) is 5.11 Å². The lowest BCUT2D eigenvalue weighted by molar-refractivity contribution is 0.191. The molecule has 0 aliphatic rings. The maximum atomic E-state index is 10.1. The van der Waals surface area contributed by atoms with Crippen molar-refractivity contribution < 1.29 is 13.9 Å². The maximum Gasteiger partial charge on any atom is 0.199 e. The molecule has 3 rings (SSSR count). The minimum atomic E-state index is -0.909. The van der Waals surface area contributed by atoms with Crippen molar-refractivity contribution in [1.29, 1.82) is 0 Å². The van der Waals surface area contributed by atoms with Crippen molar-refractivity contribution in [3.8, 4) is 0 Å². The Kier molecular flexibility index (Phi) is 2.42. The number of fused-ring (bicyclic) bond motifs is 1. The summed E-state index contributed by atoms with van der Waals surface area (Å²) in [5.41, 5.74) is 1.24. The topological polar surface area (TPSA) is 46.5 Å². The third-order valence-corrected chi connectivity index (χ3v) is 2.96. The highest BCUT2D eigenvalue weighted by Crippen LogP contribution is 2.32. The number of halogens is 1. The van der Waals surface area contributed by atoms with Gasteiger partial charge in [0, 0.05) is 10.9 Å². The fourth-order valence-corrected chi connectivity index (χ4v) is 2.01. The van der Waals surface area contributed by atoms with E-state index in [1.807, 2.05) is 24.3 Å². The molecule has 0 saturated carbocycles. The zero-order valence-corrected chi connectivity index (χ0v) is 9.52. The minimum Gasteiger partial charge on any atom is -0.458 e. The summed E-state index contributed by atoms with van der Waals surface area (Å²) < 4.78 is 10.5. The Morgan fingerprint density at radius 1 is 1.18 bits per heavy atom. The summed E-state index contributed by atoms with van der Waals surface area (Å²) >= 11 is 5.81. The number of rotatable bonds is 2. The third kappa shape index (κ3) is 1.73. The molecule has 17 heavy (non-hydrogen) atoms. The number of furan rings is 2. The summed E-state index contributed by atoms with van der Waals surface area (Å²) in [5, 5.41) is 11.2. The van der Waals surface area contributed by atoms with Crippen LogP contribution in [0.4, 0.5) is 0 Å². The molecule has 0 spiro atoms. The third-order valence-electron chi connectivity index (χ3n) is 2.65. The first-order valence-corrected chi connectivity index (χ1v) is 5.53. The van der Waals surface area contributed by atoms with Gasteiger partial charge in [0.2, 0.25) is 0 Å². The Hall–Kier alpha value is -1.71. The van der Waals surface area contributed by atoms with Crippen molar-refractivity contribution in [1.82, 2.24) is 0 Å². The van der Waals surface area contributed by atoms with Crippen LogP contribution in [0.15, 0.2) is 51.5 Å². The van der Waals surface area contributed by atoms with E-state index in [1.54, 1.807) is 12.1 Å². The summed E-state index contributed by atoms with van der Waals surface area (Å²) in [4.78, 5) is 0. The second kappa shape index (κ2) is 3.95.